The van der Waals surface area contributed by atoms with E-state index in [1.54, 1.807) is 0 Å². The third kappa shape index (κ3) is 2.09. The summed E-state index contributed by atoms with van der Waals surface area (Å²) >= 11 is 0. The summed E-state index contributed by atoms with van der Waals surface area (Å²) in [7, 11) is 0. The second-order valence-corrected chi connectivity index (χ2v) is 4.93. The van der Waals surface area contributed by atoms with Gasteiger partial charge in [-0.15, -0.1) is 0 Å². The van der Waals surface area contributed by atoms with Crippen LogP contribution in [0.5, 0.6) is 0 Å². The molecule has 2 heterocycles. The molecule has 0 unspecified atom stereocenters. The van der Waals surface area contributed by atoms with Gasteiger partial charge in [-0.1, -0.05) is 60.7 Å². The maximum Gasteiger partial charge on any atom is 0.181 e. The van der Waals surface area contributed by atoms with Crippen molar-refractivity contribution in [3.8, 4) is 22.4 Å². The van der Waals surface area contributed by atoms with Crippen LogP contribution in [0.1, 0.15) is 0 Å². The molecular formula is C18H13N3. The minimum absolute atomic E-state index is 0.744. The molecule has 0 radical (unpaired) electrons. The SMILES string of the molecule is c1ccc(-c2cnc3n[nH]c(-c4ccccc4)c3c2)cc1. The first-order valence-electron chi connectivity index (χ1n) is 6.87. The zero-order chi connectivity index (χ0) is 14.1. The Labute approximate surface area is 122 Å². The highest BCUT2D eigenvalue weighted by atomic mass is 15.1. The van der Waals surface area contributed by atoms with Gasteiger partial charge < -0.3 is 0 Å². The number of hydrogen-bond acceptors (Lipinski definition) is 2. The van der Waals surface area contributed by atoms with E-state index in [0.29, 0.717) is 0 Å². The first kappa shape index (κ1) is 11.9. The van der Waals surface area contributed by atoms with Gasteiger partial charge in [0.25, 0.3) is 0 Å². The lowest BCUT2D eigenvalue weighted by Crippen LogP contribution is -1.82. The van der Waals surface area contributed by atoms with Crippen molar-refractivity contribution < 1.29 is 0 Å². The Kier molecular flexibility index (Phi) is 2.75. The summed E-state index contributed by atoms with van der Waals surface area (Å²) in [5.74, 6) is 0. The molecule has 0 aliphatic heterocycles. The standard InChI is InChI=1S/C18H13N3/c1-3-7-13(8-4-1)15-11-16-17(14-9-5-2-6-10-14)20-21-18(16)19-12-15/h1-12H,(H,19,20,21). The van der Waals surface area contributed by atoms with Gasteiger partial charge >= 0.3 is 0 Å². The van der Waals surface area contributed by atoms with Crippen molar-refractivity contribution in [3.63, 3.8) is 0 Å². The highest BCUT2D eigenvalue weighted by Gasteiger charge is 2.09. The Hall–Kier alpha value is -2.94. The lowest BCUT2D eigenvalue weighted by Gasteiger charge is -2.02. The number of rotatable bonds is 2. The Bertz CT molecular complexity index is 880. The number of hydrogen-bond donors (Lipinski definition) is 1. The summed E-state index contributed by atoms with van der Waals surface area (Å²) in [6.45, 7) is 0. The Balaban J connectivity index is 1.91. The van der Waals surface area contributed by atoms with Crippen LogP contribution in [-0.2, 0) is 0 Å². The number of benzene rings is 2. The van der Waals surface area contributed by atoms with Gasteiger partial charge in [0.15, 0.2) is 5.65 Å². The van der Waals surface area contributed by atoms with Crippen LogP contribution >= 0.6 is 0 Å². The van der Waals surface area contributed by atoms with Crippen molar-refractivity contribution in [3.05, 3.63) is 72.9 Å². The minimum atomic E-state index is 0.744. The molecule has 0 fully saturated rings. The van der Waals surface area contributed by atoms with Crippen molar-refractivity contribution in [2.75, 3.05) is 0 Å². The van der Waals surface area contributed by atoms with Gasteiger partial charge in [-0.25, -0.2) is 4.98 Å². The van der Waals surface area contributed by atoms with E-state index in [1.165, 1.54) is 0 Å². The van der Waals surface area contributed by atoms with Crippen molar-refractivity contribution in [1.29, 1.82) is 0 Å². The van der Waals surface area contributed by atoms with Gasteiger partial charge in [0.05, 0.1) is 5.69 Å². The molecule has 0 atom stereocenters. The average Bonchev–Trinajstić information content (AvgIpc) is 2.99. The second-order valence-electron chi connectivity index (χ2n) is 4.93. The quantitative estimate of drug-likeness (QED) is 0.591. The normalized spacial score (nSPS) is 10.9. The maximum absolute atomic E-state index is 4.46. The number of H-pyrrole nitrogens is 1. The molecule has 3 heteroatoms. The van der Waals surface area contributed by atoms with E-state index < -0.39 is 0 Å². The van der Waals surface area contributed by atoms with E-state index in [1.807, 2.05) is 42.6 Å². The maximum atomic E-state index is 4.46. The molecule has 0 aliphatic carbocycles. The Morgan fingerprint density at radius 1 is 0.714 bits per heavy atom. The van der Waals surface area contributed by atoms with E-state index >= 15 is 0 Å². The average molecular weight is 271 g/mol. The molecule has 21 heavy (non-hydrogen) atoms. The zero-order valence-electron chi connectivity index (χ0n) is 11.3. The topological polar surface area (TPSA) is 41.6 Å². The van der Waals surface area contributed by atoms with Crippen molar-refractivity contribution >= 4 is 11.0 Å². The van der Waals surface area contributed by atoms with Crippen LogP contribution in [0.25, 0.3) is 33.4 Å². The molecule has 0 spiro atoms. The lowest BCUT2D eigenvalue weighted by atomic mass is 10.0. The highest BCUT2D eigenvalue weighted by molar-refractivity contribution is 5.93. The molecule has 0 saturated carbocycles. The van der Waals surface area contributed by atoms with Crippen LogP contribution in [-0.4, -0.2) is 15.2 Å². The van der Waals surface area contributed by atoms with Gasteiger partial charge in [-0.2, -0.15) is 5.10 Å². The number of fused-ring (bicyclic) bond motifs is 1. The molecule has 0 bridgehead atoms. The summed E-state index contributed by atoms with van der Waals surface area (Å²) in [6, 6.07) is 22.6. The third-order valence-corrected chi connectivity index (χ3v) is 3.58. The molecule has 3 nitrogen and oxygen atoms in total. The highest BCUT2D eigenvalue weighted by Crippen LogP contribution is 2.28. The Morgan fingerprint density at radius 2 is 1.38 bits per heavy atom. The summed E-state index contributed by atoms with van der Waals surface area (Å²) in [5.41, 5.74) is 5.13. The van der Waals surface area contributed by atoms with Gasteiger partial charge in [0.2, 0.25) is 0 Å². The van der Waals surface area contributed by atoms with Crippen LogP contribution < -0.4 is 0 Å². The predicted octanol–water partition coefficient (Wildman–Crippen LogP) is 4.29. The fourth-order valence-electron chi connectivity index (χ4n) is 2.51. The molecule has 4 rings (SSSR count). The molecule has 1 N–H and O–H groups in total. The van der Waals surface area contributed by atoms with Crippen LogP contribution in [0.15, 0.2) is 72.9 Å². The van der Waals surface area contributed by atoms with Crippen LogP contribution in [0, 0.1) is 0 Å². The number of aromatic amines is 1. The van der Waals surface area contributed by atoms with E-state index in [9.17, 15) is 0 Å². The van der Waals surface area contributed by atoms with E-state index in [0.717, 1.165) is 33.4 Å². The summed E-state index contributed by atoms with van der Waals surface area (Å²) in [6.07, 6.45) is 1.87. The van der Waals surface area contributed by atoms with Crippen molar-refractivity contribution in [2.45, 2.75) is 0 Å². The molecule has 2 aromatic carbocycles. The second kappa shape index (κ2) is 4.87. The molecule has 4 aromatic rings. The van der Waals surface area contributed by atoms with Gasteiger partial charge in [0, 0.05) is 22.7 Å². The lowest BCUT2D eigenvalue weighted by molar-refractivity contribution is 1.10. The van der Waals surface area contributed by atoms with E-state index in [4.69, 9.17) is 0 Å². The van der Waals surface area contributed by atoms with Gasteiger partial charge in [-0.3, -0.25) is 5.10 Å². The van der Waals surface area contributed by atoms with Gasteiger partial charge in [0.1, 0.15) is 0 Å². The summed E-state index contributed by atoms with van der Waals surface area (Å²) in [5, 5.41) is 8.43. The van der Waals surface area contributed by atoms with Crippen molar-refractivity contribution in [1.82, 2.24) is 15.2 Å². The van der Waals surface area contributed by atoms with E-state index in [2.05, 4.69) is 45.5 Å². The molecule has 2 aromatic heterocycles. The van der Waals surface area contributed by atoms with Crippen LogP contribution in [0.4, 0.5) is 0 Å². The molecule has 100 valence electrons. The number of nitrogens with zero attached hydrogens (tertiary/aromatic N) is 2. The van der Waals surface area contributed by atoms with Crippen LogP contribution in [0.2, 0.25) is 0 Å². The third-order valence-electron chi connectivity index (χ3n) is 3.58. The number of pyridine rings is 1. The molecule has 0 saturated heterocycles. The van der Waals surface area contributed by atoms with E-state index in [-0.39, 0.29) is 0 Å². The van der Waals surface area contributed by atoms with Crippen molar-refractivity contribution in [2.24, 2.45) is 0 Å². The molecule has 0 aliphatic rings. The minimum Gasteiger partial charge on any atom is -0.275 e. The number of nitrogens with one attached hydrogen (secondary N) is 1. The molecular weight excluding hydrogens is 258 g/mol. The summed E-state index contributed by atoms with van der Waals surface area (Å²) in [4.78, 5) is 4.46. The first-order chi connectivity index (χ1) is 10.4. The fourth-order valence-corrected chi connectivity index (χ4v) is 2.51. The molecule has 0 amide bonds. The summed E-state index contributed by atoms with van der Waals surface area (Å²) < 4.78 is 0. The van der Waals surface area contributed by atoms with Crippen LogP contribution in [0.3, 0.4) is 0 Å². The van der Waals surface area contributed by atoms with Gasteiger partial charge in [-0.05, 0) is 11.6 Å². The fraction of sp³-hybridized carbons (Fsp3) is 0. The monoisotopic (exact) mass is 271 g/mol. The number of aromatic nitrogens is 3. The first-order valence-corrected chi connectivity index (χ1v) is 6.87. The predicted molar refractivity (Wildman–Crippen MR) is 84.8 cm³/mol. The Morgan fingerprint density at radius 3 is 2.10 bits per heavy atom. The largest absolute Gasteiger partial charge is 0.275 e. The smallest absolute Gasteiger partial charge is 0.181 e. The zero-order valence-corrected chi connectivity index (χ0v) is 11.3.